The molecule has 4 rings (SSSR count). The van der Waals surface area contributed by atoms with Crippen LogP contribution in [0.4, 0.5) is 30.8 Å². The number of aromatic nitrogens is 4. The van der Waals surface area contributed by atoms with E-state index in [1.807, 2.05) is 0 Å². The van der Waals surface area contributed by atoms with Gasteiger partial charge in [-0.05, 0) is 30.7 Å². The van der Waals surface area contributed by atoms with Crippen molar-refractivity contribution in [3.8, 4) is 11.3 Å². The summed E-state index contributed by atoms with van der Waals surface area (Å²) in [6, 6.07) is 11.8. The summed E-state index contributed by atoms with van der Waals surface area (Å²) in [5.74, 6) is 0.290. The summed E-state index contributed by atoms with van der Waals surface area (Å²) in [6.45, 7) is 0.488. The quantitative estimate of drug-likeness (QED) is 0.334. The molecule has 4 aromatic rings. The molecule has 5 N–H and O–H groups in total. The summed E-state index contributed by atoms with van der Waals surface area (Å²) in [6.07, 6.45) is -0.746. The first-order chi connectivity index (χ1) is 16.0. The van der Waals surface area contributed by atoms with E-state index in [1.165, 1.54) is 30.6 Å². The molecule has 11 heteroatoms. The van der Waals surface area contributed by atoms with Crippen LogP contribution in [0, 0.1) is 0 Å². The lowest BCUT2D eigenvalue weighted by Crippen LogP contribution is -2.19. The lowest BCUT2D eigenvalue weighted by Gasteiger charge is -2.09. The van der Waals surface area contributed by atoms with Gasteiger partial charge >= 0.3 is 6.03 Å². The third kappa shape index (κ3) is 4.88. The largest absolute Gasteiger partial charge is 0.396 e. The van der Waals surface area contributed by atoms with Gasteiger partial charge < -0.3 is 21.5 Å². The van der Waals surface area contributed by atoms with Crippen molar-refractivity contribution in [3.63, 3.8) is 0 Å². The van der Waals surface area contributed by atoms with Crippen molar-refractivity contribution in [3.05, 3.63) is 60.4 Å². The van der Waals surface area contributed by atoms with Crippen LogP contribution >= 0.6 is 0 Å². The fourth-order valence-electron chi connectivity index (χ4n) is 3.37. The van der Waals surface area contributed by atoms with E-state index in [1.54, 1.807) is 28.9 Å². The highest BCUT2D eigenvalue weighted by molar-refractivity contribution is 6.01. The second-order valence-electron chi connectivity index (χ2n) is 7.19. The summed E-state index contributed by atoms with van der Waals surface area (Å²) in [7, 11) is 0. The third-order valence-corrected chi connectivity index (χ3v) is 4.90. The zero-order valence-corrected chi connectivity index (χ0v) is 17.4. The number of aliphatic hydroxyl groups is 1. The van der Waals surface area contributed by atoms with Gasteiger partial charge in [-0.1, -0.05) is 24.3 Å². The highest BCUT2D eigenvalue weighted by Crippen LogP contribution is 2.31. The standard InChI is InChI=1S/C22H21F2N7O2/c23-19(24)14-3-1-4-16(11-14)29-22(33)28-15-7-5-13(6-8-15)18-17-20(25)26-12-27-21(17)31(30-18)9-2-10-32/h1,3-8,11-12,19,32H,2,9-10H2,(H2,25,26,27)(H2,28,29,33). The SMILES string of the molecule is Nc1ncnc2c1c(-c1ccc(NC(=O)Nc3cccc(C(F)F)c3)cc1)nn2CCCO. The van der Waals surface area contributed by atoms with Crippen molar-refractivity contribution in [1.29, 1.82) is 0 Å². The van der Waals surface area contributed by atoms with Gasteiger partial charge in [0.25, 0.3) is 6.43 Å². The van der Waals surface area contributed by atoms with E-state index in [2.05, 4.69) is 25.7 Å². The van der Waals surface area contributed by atoms with E-state index < -0.39 is 12.5 Å². The Hall–Kier alpha value is -4.12. The maximum Gasteiger partial charge on any atom is 0.323 e. The predicted octanol–water partition coefficient (Wildman–Crippen LogP) is 4.04. The van der Waals surface area contributed by atoms with Gasteiger partial charge in [-0.2, -0.15) is 5.10 Å². The van der Waals surface area contributed by atoms with Crippen molar-refractivity contribution in [2.45, 2.75) is 19.4 Å². The van der Waals surface area contributed by atoms with Crippen molar-refractivity contribution in [2.75, 3.05) is 23.0 Å². The number of fused-ring (bicyclic) bond motifs is 1. The first-order valence-electron chi connectivity index (χ1n) is 10.1. The predicted molar refractivity (Wildman–Crippen MR) is 121 cm³/mol. The molecule has 0 atom stereocenters. The Morgan fingerprint density at radius 1 is 1.09 bits per heavy atom. The third-order valence-electron chi connectivity index (χ3n) is 4.90. The summed E-state index contributed by atoms with van der Waals surface area (Å²) in [5, 5.41) is 19.5. The van der Waals surface area contributed by atoms with Crippen LogP contribution in [0.3, 0.4) is 0 Å². The molecule has 2 amide bonds. The molecule has 0 aliphatic rings. The molecular formula is C22H21F2N7O2. The number of urea groups is 1. The van der Waals surface area contributed by atoms with Gasteiger partial charge in [0.15, 0.2) is 5.65 Å². The fourth-order valence-corrected chi connectivity index (χ4v) is 3.37. The van der Waals surface area contributed by atoms with Gasteiger partial charge in [0.05, 0.1) is 5.39 Å². The van der Waals surface area contributed by atoms with Gasteiger partial charge in [0.1, 0.15) is 17.8 Å². The zero-order chi connectivity index (χ0) is 23.4. The number of halogens is 2. The second-order valence-corrected chi connectivity index (χ2v) is 7.19. The molecule has 0 saturated heterocycles. The molecule has 2 aromatic carbocycles. The first-order valence-corrected chi connectivity index (χ1v) is 10.1. The summed E-state index contributed by atoms with van der Waals surface area (Å²) in [4.78, 5) is 20.6. The van der Waals surface area contributed by atoms with Crippen LogP contribution < -0.4 is 16.4 Å². The number of aliphatic hydroxyl groups excluding tert-OH is 1. The average molecular weight is 453 g/mol. The number of nitrogens with two attached hydrogens (primary N) is 1. The number of aryl methyl sites for hydroxylation is 1. The minimum absolute atomic E-state index is 0.0200. The number of alkyl halides is 2. The molecule has 0 fully saturated rings. The Bertz CT molecular complexity index is 1280. The van der Waals surface area contributed by atoms with Crippen molar-refractivity contribution < 1.29 is 18.7 Å². The fraction of sp³-hybridized carbons (Fsp3) is 0.182. The van der Waals surface area contributed by atoms with Gasteiger partial charge in [-0.3, -0.25) is 0 Å². The minimum Gasteiger partial charge on any atom is -0.396 e. The number of carbonyl (C=O) groups excluding carboxylic acids is 1. The maximum absolute atomic E-state index is 12.8. The number of rotatable bonds is 7. The first kappa shape index (κ1) is 22.1. The smallest absolute Gasteiger partial charge is 0.323 e. The molecule has 0 saturated carbocycles. The topological polar surface area (TPSA) is 131 Å². The van der Waals surface area contributed by atoms with Crippen LogP contribution in [-0.2, 0) is 6.54 Å². The lowest BCUT2D eigenvalue weighted by molar-refractivity contribution is 0.151. The molecule has 33 heavy (non-hydrogen) atoms. The second kappa shape index (κ2) is 9.57. The molecule has 0 spiro atoms. The molecule has 0 unspecified atom stereocenters. The number of carbonyl (C=O) groups is 1. The summed E-state index contributed by atoms with van der Waals surface area (Å²) >= 11 is 0. The minimum atomic E-state index is -2.62. The van der Waals surface area contributed by atoms with Crippen LogP contribution in [0.1, 0.15) is 18.4 Å². The van der Waals surface area contributed by atoms with Gasteiger partial charge in [0.2, 0.25) is 0 Å². The van der Waals surface area contributed by atoms with Gasteiger partial charge in [0, 0.05) is 35.7 Å². The number of benzene rings is 2. The number of amides is 2. The normalized spacial score (nSPS) is 11.2. The van der Waals surface area contributed by atoms with Gasteiger partial charge in [-0.15, -0.1) is 0 Å². The van der Waals surface area contributed by atoms with Crippen molar-refractivity contribution >= 4 is 34.3 Å². The summed E-state index contributed by atoms with van der Waals surface area (Å²) < 4.78 is 27.3. The average Bonchev–Trinajstić information content (AvgIpc) is 3.18. The number of nitrogens with one attached hydrogen (secondary N) is 2. The van der Waals surface area contributed by atoms with E-state index in [4.69, 9.17) is 10.8 Å². The van der Waals surface area contributed by atoms with Crippen LogP contribution in [0.15, 0.2) is 54.9 Å². The highest BCUT2D eigenvalue weighted by atomic mass is 19.3. The Morgan fingerprint density at radius 2 is 1.85 bits per heavy atom. The molecule has 2 heterocycles. The Balaban J connectivity index is 1.52. The molecule has 0 aliphatic heterocycles. The number of hydrogen-bond acceptors (Lipinski definition) is 6. The van der Waals surface area contributed by atoms with Crippen molar-refractivity contribution in [2.24, 2.45) is 0 Å². The molecule has 9 nitrogen and oxygen atoms in total. The molecular weight excluding hydrogens is 432 g/mol. The van der Waals surface area contributed by atoms with Crippen LogP contribution in [0.25, 0.3) is 22.3 Å². The lowest BCUT2D eigenvalue weighted by atomic mass is 10.1. The summed E-state index contributed by atoms with van der Waals surface area (Å²) in [5.41, 5.74) is 8.54. The van der Waals surface area contributed by atoms with E-state index in [9.17, 15) is 13.6 Å². The number of anilines is 3. The van der Waals surface area contributed by atoms with E-state index >= 15 is 0 Å². The van der Waals surface area contributed by atoms with Crippen LogP contribution in [-0.4, -0.2) is 37.5 Å². The molecule has 0 bridgehead atoms. The van der Waals surface area contributed by atoms with Gasteiger partial charge in [-0.25, -0.2) is 28.2 Å². The number of nitrogens with zero attached hydrogens (tertiary/aromatic N) is 4. The monoisotopic (exact) mass is 453 g/mol. The number of hydrogen-bond donors (Lipinski definition) is 4. The zero-order valence-electron chi connectivity index (χ0n) is 17.4. The number of nitrogen functional groups attached to an aromatic ring is 1. The van der Waals surface area contributed by atoms with E-state index in [0.29, 0.717) is 35.4 Å². The Morgan fingerprint density at radius 3 is 2.58 bits per heavy atom. The maximum atomic E-state index is 12.8. The van der Waals surface area contributed by atoms with Crippen LogP contribution in [0.2, 0.25) is 0 Å². The molecule has 0 radical (unpaired) electrons. The Labute approximate surface area is 187 Å². The van der Waals surface area contributed by atoms with Crippen molar-refractivity contribution in [1.82, 2.24) is 19.7 Å². The molecule has 170 valence electrons. The molecule has 2 aromatic heterocycles. The van der Waals surface area contributed by atoms with E-state index in [-0.39, 0.29) is 23.7 Å². The highest BCUT2D eigenvalue weighted by Gasteiger charge is 2.17. The molecule has 0 aliphatic carbocycles. The Kier molecular flexibility index (Phi) is 6.41. The van der Waals surface area contributed by atoms with E-state index in [0.717, 1.165) is 5.56 Å². The van der Waals surface area contributed by atoms with Crippen LogP contribution in [0.5, 0.6) is 0 Å².